The Morgan fingerprint density at radius 2 is 1.78 bits per heavy atom. The molecule has 142 valence electrons. The van der Waals surface area contributed by atoms with Gasteiger partial charge in [-0.1, -0.05) is 35.9 Å². The molecule has 0 heterocycles. The first-order valence-electron chi connectivity index (χ1n) is 7.88. The number of carbonyl (C=O) groups excluding carboxylic acids is 1. The maximum atomic E-state index is 13.1. The number of hydrogen-bond donors (Lipinski definition) is 1. The average molecular weight is 410 g/mol. The lowest BCUT2D eigenvalue weighted by molar-refractivity contribution is -0.122. The summed E-state index contributed by atoms with van der Waals surface area (Å²) in [6.45, 7) is 5.87. The van der Waals surface area contributed by atoms with E-state index < -0.39 is 28.6 Å². The number of nitrogens with two attached hydrogens (primary N) is 1. The summed E-state index contributed by atoms with van der Waals surface area (Å²) in [5, 5.41) is 0.352. The molecule has 27 heavy (non-hydrogen) atoms. The van der Waals surface area contributed by atoms with E-state index in [1.165, 1.54) is 36.4 Å². The van der Waals surface area contributed by atoms with Crippen LogP contribution in [0.1, 0.15) is 12.0 Å². The van der Waals surface area contributed by atoms with Crippen LogP contribution >= 0.6 is 11.6 Å². The van der Waals surface area contributed by atoms with Gasteiger partial charge in [0.05, 0.1) is 18.1 Å². The molecule has 2 rings (SSSR count). The van der Waals surface area contributed by atoms with Crippen LogP contribution in [0.2, 0.25) is 5.02 Å². The highest BCUT2D eigenvalue weighted by molar-refractivity contribution is 7.89. The lowest BCUT2D eigenvalue weighted by atomic mass is 10.1. The van der Waals surface area contributed by atoms with Crippen molar-refractivity contribution in [2.75, 3.05) is 6.67 Å². The number of primary amides is 1. The Labute approximate surface area is 162 Å². The van der Waals surface area contributed by atoms with Gasteiger partial charge in [-0.3, -0.25) is 9.18 Å². The molecule has 0 saturated carbocycles. The zero-order valence-corrected chi connectivity index (χ0v) is 15.8. The van der Waals surface area contributed by atoms with Crippen LogP contribution in [-0.2, 0) is 21.4 Å². The average Bonchev–Trinajstić information content (AvgIpc) is 2.65. The van der Waals surface area contributed by atoms with Gasteiger partial charge < -0.3 is 5.73 Å². The van der Waals surface area contributed by atoms with Gasteiger partial charge >= 0.3 is 0 Å². The van der Waals surface area contributed by atoms with Crippen molar-refractivity contribution in [1.82, 2.24) is 4.31 Å². The fraction of sp³-hybridized carbons (Fsp3) is 0.222. The van der Waals surface area contributed by atoms with Crippen LogP contribution in [0.25, 0.3) is 4.85 Å². The largest absolute Gasteiger partial charge is 0.368 e. The molecule has 0 spiro atoms. The first-order chi connectivity index (χ1) is 12.8. The molecule has 9 heteroatoms. The number of amides is 1. The molecule has 1 atom stereocenters. The summed E-state index contributed by atoms with van der Waals surface area (Å²) in [4.78, 5) is 15.0. The zero-order valence-electron chi connectivity index (χ0n) is 14.2. The number of nitrogens with zero attached hydrogens (tertiary/aromatic N) is 2. The summed E-state index contributed by atoms with van der Waals surface area (Å²) in [7, 11) is -4.15. The number of alkyl halides is 1. The predicted molar refractivity (Wildman–Crippen MR) is 100 cm³/mol. The standard InChI is InChI=1S/C18H17ClFN3O3S/c1-22-15-6-2-13(3-7-15)12-23(17(10-11-20)18(21)24)27(25,26)16-8-4-14(19)5-9-16/h2-9,17H,10-12H2,(H2,21,24)/t17-/m1/s1. The predicted octanol–water partition coefficient (Wildman–Crippen LogP) is 3.30. The van der Waals surface area contributed by atoms with Crippen LogP contribution in [0.4, 0.5) is 10.1 Å². The van der Waals surface area contributed by atoms with E-state index >= 15 is 0 Å². The molecule has 0 aliphatic rings. The maximum Gasteiger partial charge on any atom is 0.244 e. The van der Waals surface area contributed by atoms with Crippen molar-refractivity contribution in [1.29, 1.82) is 0 Å². The Bertz CT molecular complexity index is 941. The summed E-state index contributed by atoms with van der Waals surface area (Å²) in [5.74, 6) is -0.942. The Morgan fingerprint density at radius 1 is 1.19 bits per heavy atom. The van der Waals surface area contributed by atoms with Gasteiger partial charge in [0.1, 0.15) is 6.04 Å². The molecule has 0 bridgehead atoms. The number of benzene rings is 2. The molecule has 0 saturated heterocycles. The summed E-state index contributed by atoms with van der Waals surface area (Å²) >= 11 is 5.81. The Morgan fingerprint density at radius 3 is 2.26 bits per heavy atom. The Kier molecular flexibility index (Phi) is 6.91. The van der Waals surface area contributed by atoms with Crippen LogP contribution in [0.3, 0.4) is 0 Å². The first-order valence-corrected chi connectivity index (χ1v) is 9.70. The topological polar surface area (TPSA) is 84.8 Å². The number of hydrogen-bond acceptors (Lipinski definition) is 3. The quantitative estimate of drug-likeness (QED) is 0.679. The molecule has 2 aromatic rings. The highest BCUT2D eigenvalue weighted by Gasteiger charge is 2.34. The van der Waals surface area contributed by atoms with Crippen molar-refractivity contribution in [2.24, 2.45) is 5.73 Å². The second-order valence-electron chi connectivity index (χ2n) is 5.68. The summed E-state index contributed by atoms with van der Waals surface area (Å²) in [5.41, 5.74) is 6.27. The number of sulfonamides is 1. The second-order valence-corrected chi connectivity index (χ2v) is 8.01. The van der Waals surface area contributed by atoms with E-state index in [1.54, 1.807) is 12.1 Å². The van der Waals surface area contributed by atoms with Gasteiger partial charge in [0.15, 0.2) is 5.69 Å². The Hall–Kier alpha value is -2.47. The smallest absolute Gasteiger partial charge is 0.244 e. The first kappa shape index (κ1) is 20.8. The van der Waals surface area contributed by atoms with Crippen molar-refractivity contribution in [3.8, 4) is 0 Å². The molecule has 2 N–H and O–H groups in total. The fourth-order valence-electron chi connectivity index (χ4n) is 2.49. The number of rotatable bonds is 8. The van der Waals surface area contributed by atoms with Gasteiger partial charge in [-0.2, -0.15) is 4.31 Å². The molecule has 0 aliphatic carbocycles. The molecule has 2 aromatic carbocycles. The van der Waals surface area contributed by atoms with Gasteiger partial charge in [0, 0.05) is 18.0 Å². The summed E-state index contributed by atoms with van der Waals surface area (Å²) < 4.78 is 40.0. The minimum atomic E-state index is -4.15. The van der Waals surface area contributed by atoms with E-state index in [9.17, 15) is 17.6 Å². The third-order valence-corrected chi connectivity index (χ3v) is 6.00. The minimum Gasteiger partial charge on any atom is -0.368 e. The van der Waals surface area contributed by atoms with E-state index in [4.69, 9.17) is 23.9 Å². The van der Waals surface area contributed by atoms with E-state index in [-0.39, 0.29) is 17.9 Å². The van der Waals surface area contributed by atoms with Crippen molar-refractivity contribution in [3.63, 3.8) is 0 Å². The molecule has 0 aromatic heterocycles. The van der Waals surface area contributed by atoms with Crippen LogP contribution < -0.4 is 5.73 Å². The minimum absolute atomic E-state index is 0.0882. The van der Waals surface area contributed by atoms with Gasteiger partial charge in [0.2, 0.25) is 15.9 Å². The molecule has 6 nitrogen and oxygen atoms in total. The SMILES string of the molecule is [C-]#[N+]c1ccc(CN([C@H](CCF)C(N)=O)S(=O)(=O)c2ccc(Cl)cc2)cc1. The second kappa shape index (κ2) is 8.95. The van der Waals surface area contributed by atoms with Gasteiger partial charge in [-0.25, -0.2) is 13.3 Å². The van der Waals surface area contributed by atoms with E-state index in [0.29, 0.717) is 16.3 Å². The van der Waals surface area contributed by atoms with Crippen molar-refractivity contribution in [3.05, 3.63) is 70.5 Å². The summed E-state index contributed by atoms with van der Waals surface area (Å²) in [6, 6.07) is 10.3. The third kappa shape index (κ3) is 5.04. The van der Waals surface area contributed by atoms with Crippen LogP contribution in [0.5, 0.6) is 0 Å². The van der Waals surface area contributed by atoms with Crippen LogP contribution in [0.15, 0.2) is 53.4 Å². The van der Waals surface area contributed by atoms with E-state index in [1.807, 2.05) is 0 Å². The van der Waals surface area contributed by atoms with Crippen molar-refractivity contribution >= 4 is 33.2 Å². The maximum absolute atomic E-state index is 13.1. The fourth-order valence-corrected chi connectivity index (χ4v) is 4.23. The monoisotopic (exact) mass is 409 g/mol. The lowest BCUT2D eigenvalue weighted by Gasteiger charge is -2.28. The molecule has 1 amide bonds. The lowest BCUT2D eigenvalue weighted by Crippen LogP contribution is -2.47. The molecule has 0 radical (unpaired) electrons. The molecule has 0 unspecified atom stereocenters. The van der Waals surface area contributed by atoms with Crippen LogP contribution in [-0.4, -0.2) is 31.3 Å². The van der Waals surface area contributed by atoms with Crippen LogP contribution in [0, 0.1) is 6.57 Å². The highest BCUT2D eigenvalue weighted by atomic mass is 35.5. The molecule has 0 fully saturated rings. The van der Waals surface area contributed by atoms with Gasteiger partial charge in [-0.15, -0.1) is 0 Å². The van der Waals surface area contributed by atoms with E-state index in [2.05, 4.69) is 4.85 Å². The van der Waals surface area contributed by atoms with Gasteiger partial charge in [-0.05, 0) is 29.8 Å². The highest BCUT2D eigenvalue weighted by Crippen LogP contribution is 2.25. The van der Waals surface area contributed by atoms with Crippen molar-refractivity contribution < 1.29 is 17.6 Å². The molecular weight excluding hydrogens is 393 g/mol. The molecular formula is C18H17ClFN3O3S. The van der Waals surface area contributed by atoms with E-state index in [0.717, 1.165) is 4.31 Å². The Balaban J connectivity index is 2.48. The van der Waals surface area contributed by atoms with Crippen molar-refractivity contribution in [2.45, 2.75) is 23.9 Å². The zero-order chi connectivity index (χ0) is 20.0. The molecule has 0 aliphatic heterocycles. The summed E-state index contributed by atoms with van der Waals surface area (Å²) in [6.07, 6.45) is -0.359. The normalized spacial score (nSPS) is 12.5. The number of halogens is 2. The number of carbonyl (C=O) groups is 1. The third-order valence-electron chi connectivity index (χ3n) is 3.88. The van der Waals surface area contributed by atoms with Gasteiger partial charge in [0.25, 0.3) is 0 Å².